The van der Waals surface area contributed by atoms with Crippen LogP contribution in [0.4, 0.5) is 4.79 Å². The first-order chi connectivity index (χ1) is 16.1. The fourth-order valence-corrected chi connectivity index (χ4v) is 3.18. The first-order valence-electron chi connectivity index (χ1n) is 10.9. The summed E-state index contributed by atoms with van der Waals surface area (Å²) in [6, 6.07) is 16.6. The molecule has 0 saturated heterocycles. The lowest BCUT2D eigenvalue weighted by Gasteiger charge is -2.29. The molecule has 7 heteroatoms. The Morgan fingerprint density at radius 3 is 2.41 bits per heavy atom. The molecule has 0 spiro atoms. The maximum Gasteiger partial charge on any atom is 0.408 e. The molecule has 0 aliphatic carbocycles. The van der Waals surface area contributed by atoms with Crippen molar-refractivity contribution in [2.75, 3.05) is 0 Å². The summed E-state index contributed by atoms with van der Waals surface area (Å²) in [5.41, 5.74) is 1.44. The van der Waals surface area contributed by atoms with Gasteiger partial charge in [0.2, 0.25) is 5.91 Å². The van der Waals surface area contributed by atoms with Crippen LogP contribution in [0.5, 0.6) is 0 Å². The zero-order valence-corrected chi connectivity index (χ0v) is 20.0. The Kier molecular flexibility index (Phi) is 9.02. The number of nitrogens with one attached hydrogen (secondary N) is 2. The number of hydrogen-bond donors (Lipinski definition) is 2. The lowest BCUT2D eigenvalue weighted by molar-refractivity contribution is -0.138. The van der Waals surface area contributed by atoms with Crippen LogP contribution in [0, 0.1) is 12.5 Å². The number of benzene rings is 2. The van der Waals surface area contributed by atoms with E-state index in [9.17, 15) is 14.4 Å². The van der Waals surface area contributed by atoms with Gasteiger partial charge in [-0.3, -0.25) is 14.5 Å². The predicted molar refractivity (Wildman–Crippen MR) is 132 cm³/mol. The summed E-state index contributed by atoms with van der Waals surface area (Å²) >= 11 is 0. The van der Waals surface area contributed by atoms with Gasteiger partial charge in [-0.2, -0.15) is 0 Å². The van der Waals surface area contributed by atoms with Gasteiger partial charge in [-0.15, -0.1) is 0 Å². The van der Waals surface area contributed by atoms with Crippen LogP contribution >= 0.6 is 0 Å². The van der Waals surface area contributed by atoms with E-state index in [0.29, 0.717) is 5.56 Å². The highest BCUT2D eigenvalue weighted by atomic mass is 16.6. The van der Waals surface area contributed by atoms with Gasteiger partial charge in [0.05, 0.1) is 0 Å². The van der Waals surface area contributed by atoms with E-state index in [1.807, 2.05) is 36.4 Å². The quantitative estimate of drug-likeness (QED) is 0.459. The Labute approximate surface area is 201 Å². The highest BCUT2D eigenvalue weighted by Gasteiger charge is 2.34. The monoisotopic (exact) mass is 461 g/mol. The normalized spacial score (nSPS) is 12.4. The van der Waals surface area contributed by atoms with Crippen LogP contribution in [0.1, 0.15) is 50.4 Å². The molecule has 0 aliphatic heterocycles. The second-order valence-corrected chi connectivity index (χ2v) is 8.69. The SMILES string of the molecule is C#CN(C(=O)C(C)NC(=O)OC(C)(C)C)C(C(=O)NCc1ccccc1)c1cccc(C=C)c1. The van der Waals surface area contributed by atoms with Gasteiger partial charge in [0.1, 0.15) is 17.7 Å². The summed E-state index contributed by atoms with van der Waals surface area (Å²) in [6.45, 7) is 10.6. The van der Waals surface area contributed by atoms with Crippen molar-refractivity contribution in [1.29, 1.82) is 0 Å². The molecule has 2 N–H and O–H groups in total. The number of alkyl carbamates (subject to hydrolysis) is 1. The van der Waals surface area contributed by atoms with Crippen LogP contribution in [0.2, 0.25) is 0 Å². The summed E-state index contributed by atoms with van der Waals surface area (Å²) < 4.78 is 5.22. The Bertz CT molecular complexity index is 1070. The highest BCUT2D eigenvalue weighted by molar-refractivity contribution is 5.93. The number of rotatable bonds is 8. The van der Waals surface area contributed by atoms with Crippen LogP contribution in [0.15, 0.2) is 61.2 Å². The lowest BCUT2D eigenvalue weighted by atomic mass is 10.0. The van der Waals surface area contributed by atoms with Gasteiger partial charge in [0.15, 0.2) is 0 Å². The van der Waals surface area contributed by atoms with Gasteiger partial charge >= 0.3 is 6.09 Å². The van der Waals surface area contributed by atoms with Gasteiger partial charge in [-0.25, -0.2) is 4.79 Å². The Morgan fingerprint density at radius 2 is 1.82 bits per heavy atom. The van der Waals surface area contributed by atoms with Crippen molar-refractivity contribution >= 4 is 24.0 Å². The topological polar surface area (TPSA) is 87.7 Å². The molecule has 2 atom stereocenters. The van der Waals surface area contributed by atoms with Gasteiger partial charge in [0, 0.05) is 12.6 Å². The molecule has 0 aliphatic rings. The molecule has 7 nitrogen and oxygen atoms in total. The molecule has 2 aromatic rings. The van der Waals surface area contributed by atoms with E-state index in [0.717, 1.165) is 16.0 Å². The molecule has 2 rings (SSSR count). The molecule has 0 radical (unpaired) electrons. The van der Waals surface area contributed by atoms with Crippen molar-refractivity contribution in [2.24, 2.45) is 0 Å². The van der Waals surface area contributed by atoms with Crippen molar-refractivity contribution < 1.29 is 19.1 Å². The standard InChI is InChI=1S/C27H31N3O4/c1-7-20-15-12-16-22(17-20)23(24(31)28-18-21-13-10-9-11-14-21)30(8-2)25(32)19(3)29-26(33)34-27(4,5)6/h2,7,9-17,19,23H,1,18H2,3-6H3,(H,28,31)(H,29,33). The fraction of sp³-hybridized carbons (Fsp3) is 0.296. The maximum atomic E-state index is 13.3. The zero-order valence-electron chi connectivity index (χ0n) is 20.0. The molecule has 2 aromatic carbocycles. The Morgan fingerprint density at radius 1 is 1.15 bits per heavy atom. The average molecular weight is 462 g/mol. The number of carbonyl (C=O) groups excluding carboxylic acids is 3. The minimum atomic E-state index is -1.12. The van der Waals surface area contributed by atoms with E-state index >= 15 is 0 Å². The summed E-state index contributed by atoms with van der Waals surface area (Å²) in [5.74, 6) is -1.09. The fourth-order valence-electron chi connectivity index (χ4n) is 3.18. The molecular weight excluding hydrogens is 430 g/mol. The number of ether oxygens (including phenoxy) is 1. The molecule has 0 fully saturated rings. The molecule has 0 aromatic heterocycles. The summed E-state index contributed by atoms with van der Waals surface area (Å²) in [5, 5.41) is 5.33. The second-order valence-electron chi connectivity index (χ2n) is 8.69. The lowest BCUT2D eigenvalue weighted by Crippen LogP contribution is -2.50. The van der Waals surface area contributed by atoms with Gasteiger partial charge in [0.25, 0.3) is 5.91 Å². The van der Waals surface area contributed by atoms with E-state index in [1.165, 1.54) is 6.92 Å². The van der Waals surface area contributed by atoms with Crippen molar-refractivity contribution in [3.05, 3.63) is 77.9 Å². The highest BCUT2D eigenvalue weighted by Crippen LogP contribution is 2.23. The molecule has 0 heterocycles. The molecule has 2 unspecified atom stereocenters. The molecule has 0 saturated carbocycles. The number of carbonyl (C=O) groups is 3. The van der Waals surface area contributed by atoms with E-state index in [1.54, 1.807) is 45.0 Å². The maximum absolute atomic E-state index is 13.3. The Hall–Kier alpha value is -4.05. The van der Waals surface area contributed by atoms with Crippen LogP contribution in [0.25, 0.3) is 6.08 Å². The van der Waals surface area contributed by atoms with Crippen molar-refractivity contribution in [1.82, 2.24) is 15.5 Å². The van der Waals surface area contributed by atoms with Gasteiger partial charge < -0.3 is 15.4 Å². The predicted octanol–water partition coefficient (Wildman–Crippen LogP) is 4.02. The first-order valence-corrected chi connectivity index (χ1v) is 10.9. The number of amides is 3. The van der Waals surface area contributed by atoms with E-state index < -0.39 is 35.6 Å². The zero-order chi connectivity index (χ0) is 25.3. The minimum absolute atomic E-state index is 0.260. The van der Waals surface area contributed by atoms with Gasteiger partial charge in [-0.1, -0.05) is 67.6 Å². The van der Waals surface area contributed by atoms with Crippen molar-refractivity contribution in [3.63, 3.8) is 0 Å². The molecule has 34 heavy (non-hydrogen) atoms. The van der Waals surface area contributed by atoms with Crippen LogP contribution < -0.4 is 10.6 Å². The van der Waals surface area contributed by atoms with Crippen LogP contribution in [-0.2, 0) is 20.9 Å². The number of nitrogens with zero attached hydrogens (tertiary/aromatic N) is 1. The summed E-state index contributed by atoms with van der Waals surface area (Å²) in [6.07, 6.45) is 6.58. The van der Waals surface area contributed by atoms with Gasteiger partial charge in [-0.05, 0) is 50.5 Å². The Balaban J connectivity index is 2.31. The number of terminal acetylenes is 1. The third-order valence-electron chi connectivity index (χ3n) is 4.76. The average Bonchev–Trinajstić information content (AvgIpc) is 2.79. The largest absolute Gasteiger partial charge is 0.444 e. The van der Waals surface area contributed by atoms with E-state index in [4.69, 9.17) is 11.2 Å². The van der Waals surface area contributed by atoms with Crippen LogP contribution in [0.3, 0.4) is 0 Å². The summed E-state index contributed by atoms with van der Waals surface area (Å²) in [7, 11) is 0. The first kappa shape index (κ1) is 26.2. The summed E-state index contributed by atoms with van der Waals surface area (Å²) in [4.78, 5) is 39.7. The van der Waals surface area contributed by atoms with Crippen LogP contribution in [-0.4, -0.2) is 34.5 Å². The van der Waals surface area contributed by atoms with E-state index in [2.05, 4.69) is 23.3 Å². The molecule has 178 valence electrons. The van der Waals surface area contributed by atoms with Crippen molar-refractivity contribution in [2.45, 2.75) is 51.9 Å². The smallest absolute Gasteiger partial charge is 0.408 e. The van der Waals surface area contributed by atoms with Crippen molar-refractivity contribution in [3.8, 4) is 12.5 Å². The minimum Gasteiger partial charge on any atom is -0.444 e. The molecule has 0 bridgehead atoms. The third-order valence-corrected chi connectivity index (χ3v) is 4.76. The second kappa shape index (κ2) is 11.7. The third kappa shape index (κ3) is 7.52. The number of hydrogen-bond acceptors (Lipinski definition) is 4. The molecular formula is C27H31N3O4. The molecule has 3 amide bonds. The van der Waals surface area contributed by atoms with E-state index in [-0.39, 0.29) is 6.54 Å².